The van der Waals surface area contributed by atoms with Gasteiger partial charge in [-0.2, -0.15) is 0 Å². The molecule has 0 aliphatic carbocycles. The number of hydrogen-bond donors (Lipinski definition) is 4. The SMILES string of the molecule is Nc1ccc(C(=O)O)c(-c2c(C(=O)c3ccccc3)ccc(O)c2C(=O)O)c1. The number of hydrogen-bond acceptors (Lipinski definition) is 5. The number of carbonyl (C=O) groups excluding carboxylic acids is 1. The topological polar surface area (TPSA) is 138 Å². The molecule has 0 atom stereocenters. The monoisotopic (exact) mass is 377 g/mol. The molecular weight excluding hydrogens is 362 g/mol. The van der Waals surface area contributed by atoms with E-state index in [1.165, 1.54) is 24.3 Å². The van der Waals surface area contributed by atoms with Crippen LogP contribution >= 0.6 is 0 Å². The second-order valence-electron chi connectivity index (χ2n) is 5.99. The fourth-order valence-electron chi connectivity index (χ4n) is 2.98. The first-order chi connectivity index (χ1) is 13.3. The summed E-state index contributed by atoms with van der Waals surface area (Å²) in [5.41, 5.74) is 5.09. The predicted molar refractivity (Wildman–Crippen MR) is 102 cm³/mol. The van der Waals surface area contributed by atoms with Crippen LogP contribution in [-0.2, 0) is 0 Å². The number of aromatic carboxylic acids is 2. The van der Waals surface area contributed by atoms with Gasteiger partial charge in [-0.1, -0.05) is 30.3 Å². The molecule has 0 amide bonds. The molecule has 3 aromatic rings. The molecule has 140 valence electrons. The number of nitrogens with two attached hydrogens (primary N) is 1. The number of anilines is 1. The molecule has 0 unspecified atom stereocenters. The summed E-state index contributed by atoms with van der Waals surface area (Å²) in [5, 5.41) is 29.3. The second-order valence-corrected chi connectivity index (χ2v) is 5.99. The lowest BCUT2D eigenvalue weighted by Gasteiger charge is -2.16. The van der Waals surface area contributed by atoms with E-state index in [-0.39, 0.29) is 33.5 Å². The molecule has 0 fully saturated rings. The molecule has 0 aliphatic heterocycles. The Morgan fingerprint density at radius 2 is 1.43 bits per heavy atom. The molecule has 7 heteroatoms. The van der Waals surface area contributed by atoms with E-state index in [9.17, 15) is 29.7 Å². The molecular formula is C21H15NO6. The van der Waals surface area contributed by atoms with Crippen LogP contribution in [0.25, 0.3) is 11.1 Å². The summed E-state index contributed by atoms with van der Waals surface area (Å²) >= 11 is 0. The molecule has 0 aliphatic rings. The number of nitrogen functional groups attached to an aromatic ring is 1. The highest BCUT2D eigenvalue weighted by Crippen LogP contribution is 2.37. The van der Waals surface area contributed by atoms with Crippen LogP contribution in [0.2, 0.25) is 0 Å². The van der Waals surface area contributed by atoms with Gasteiger partial charge in [0.15, 0.2) is 5.78 Å². The van der Waals surface area contributed by atoms with Gasteiger partial charge in [-0.25, -0.2) is 9.59 Å². The van der Waals surface area contributed by atoms with Crippen LogP contribution in [0, 0.1) is 0 Å². The van der Waals surface area contributed by atoms with Gasteiger partial charge >= 0.3 is 11.9 Å². The minimum atomic E-state index is -1.51. The molecule has 0 spiro atoms. The van der Waals surface area contributed by atoms with Crippen LogP contribution in [0.15, 0.2) is 60.7 Å². The summed E-state index contributed by atoms with van der Waals surface area (Å²) in [4.78, 5) is 36.6. The van der Waals surface area contributed by atoms with E-state index < -0.39 is 29.0 Å². The zero-order chi connectivity index (χ0) is 20.4. The van der Waals surface area contributed by atoms with Gasteiger partial charge in [0, 0.05) is 22.4 Å². The van der Waals surface area contributed by atoms with Crippen molar-refractivity contribution in [1.82, 2.24) is 0 Å². The molecule has 0 saturated heterocycles. The fraction of sp³-hybridized carbons (Fsp3) is 0. The lowest BCUT2D eigenvalue weighted by atomic mass is 9.87. The summed E-state index contributed by atoms with van der Waals surface area (Å²) in [6.07, 6.45) is 0. The van der Waals surface area contributed by atoms with E-state index in [0.717, 1.165) is 6.07 Å². The van der Waals surface area contributed by atoms with Crippen molar-refractivity contribution in [3.05, 3.63) is 82.9 Å². The highest BCUT2D eigenvalue weighted by atomic mass is 16.4. The number of rotatable bonds is 5. The molecule has 28 heavy (non-hydrogen) atoms. The van der Waals surface area contributed by atoms with Crippen LogP contribution < -0.4 is 5.73 Å². The Bertz CT molecular complexity index is 1110. The lowest BCUT2D eigenvalue weighted by molar-refractivity contribution is 0.0682. The Morgan fingerprint density at radius 1 is 0.786 bits per heavy atom. The fourth-order valence-corrected chi connectivity index (χ4v) is 2.98. The second kappa shape index (κ2) is 7.24. The summed E-state index contributed by atoms with van der Waals surface area (Å²) in [6, 6.07) is 14.3. The number of benzene rings is 3. The molecule has 0 bridgehead atoms. The summed E-state index contributed by atoms with van der Waals surface area (Å²) in [5.74, 6) is -3.94. The van der Waals surface area contributed by atoms with Crippen molar-refractivity contribution in [2.75, 3.05) is 5.73 Å². The maximum atomic E-state index is 13.0. The number of aromatic hydroxyl groups is 1. The first-order valence-electron chi connectivity index (χ1n) is 8.13. The van der Waals surface area contributed by atoms with E-state index >= 15 is 0 Å². The first kappa shape index (κ1) is 18.7. The average molecular weight is 377 g/mol. The normalized spacial score (nSPS) is 10.4. The van der Waals surface area contributed by atoms with Gasteiger partial charge in [0.25, 0.3) is 0 Å². The molecule has 0 aromatic heterocycles. The zero-order valence-electron chi connectivity index (χ0n) is 14.4. The maximum Gasteiger partial charge on any atom is 0.340 e. The van der Waals surface area contributed by atoms with Gasteiger partial charge in [-0.05, 0) is 35.9 Å². The highest BCUT2D eigenvalue weighted by Gasteiger charge is 2.27. The van der Waals surface area contributed by atoms with Crippen LogP contribution in [0.5, 0.6) is 5.75 Å². The van der Waals surface area contributed by atoms with Gasteiger partial charge < -0.3 is 21.1 Å². The standard InChI is InChI=1S/C21H15NO6/c22-12-6-7-13(20(25)26)15(10-12)17-14(8-9-16(23)18(17)21(27)28)19(24)11-4-2-1-3-5-11/h1-10,23H,22H2,(H,25,26)(H,27,28). The minimum absolute atomic E-state index is 0.0606. The van der Waals surface area contributed by atoms with Gasteiger partial charge in [-0.15, -0.1) is 0 Å². The Morgan fingerprint density at radius 3 is 2.04 bits per heavy atom. The predicted octanol–water partition coefficient (Wildman–Crippen LogP) is 3.27. The van der Waals surface area contributed by atoms with E-state index in [4.69, 9.17) is 5.73 Å². The summed E-state index contributed by atoms with van der Waals surface area (Å²) in [7, 11) is 0. The maximum absolute atomic E-state index is 13.0. The Balaban J connectivity index is 2.41. The average Bonchev–Trinajstić information content (AvgIpc) is 2.67. The van der Waals surface area contributed by atoms with Crippen LogP contribution in [0.3, 0.4) is 0 Å². The van der Waals surface area contributed by atoms with Crippen LogP contribution in [-0.4, -0.2) is 33.0 Å². The molecule has 0 radical (unpaired) electrons. The highest BCUT2D eigenvalue weighted by molar-refractivity contribution is 6.17. The van der Waals surface area contributed by atoms with Crippen molar-refractivity contribution in [2.24, 2.45) is 0 Å². The number of ketones is 1. The molecule has 7 nitrogen and oxygen atoms in total. The first-order valence-corrected chi connectivity index (χ1v) is 8.13. The van der Waals surface area contributed by atoms with Crippen LogP contribution in [0.1, 0.15) is 36.6 Å². The van der Waals surface area contributed by atoms with E-state index in [2.05, 4.69) is 0 Å². The molecule has 3 rings (SSSR count). The number of carbonyl (C=O) groups is 3. The Kier molecular flexibility index (Phi) is 4.82. The van der Waals surface area contributed by atoms with E-state index in [1.54, 1.807) is 30.3 Å². The molecule has 0 heterocycles. The number of carboxylic acids is 2. The summed E-state index contributed by atoms with van der Waals surface area (Å²) < 4.78 is 0. The zero-order valence-corrected chi connectivity index (χ0v) is 14.4. The number of phenols is 1. The van der Waals surface area contributed by atoms with Gasteiger partial charge in [0.05, 0.1) is 5.56 Å². The van der Waals surface area contributed by atoms with Crippen molar-refractivity contribution in [2.45, 2.75) is 0 Å². The Hall–Kier alpha value is -4.13. The van der Waals surface area contributed by atoms with Crippen molar-refractivity contribution >= 4 is 23.4 Å². The van der Waals surface area contributed by atoms with Crippen LogP contribution in [0.4, 0.5) is 5.69 Å². The third kappa shape index (κ3) is 3.28. The number of carboxylic acid groups (broad SMARTS) is 2. The molecule has 0 saturated carbocycles. The third-order valence-electron chi connectivity index (χ3n) is 4.22. The van der Waals surface area contributed by atoms with Gasteiger partial charge in [0.2, 0.25) is 0 Å². The Labute approximate surface area is 159 Å². The molecule has 3 aromatic carbocycles. The minimum Gasteiger partial charge on any atom is -0.507 e. The van der Waals surface area contributed by atoms with Crippen molar-refractivity contribution in [1.29, 1.82) is 0 Å². The largest absolute Gasteiger partial charge is 0.507 e. The summed E-state index contributed by atoms with van der Waals surface area (Å²) in [6.45, 7) is 0. The van der Waals surface area contributed by atoms with Crippen molar-refractivity contribution < 1.29 is 29.7 Å². The quantitative estimate of drug-likeness (QED) is 0.395. The van der Waals surface area contributed by atoms with E-state index in [0.29, 0.717) is 0 Å². The van der Waals surface area contributed by atoms with Crippen molar-refractivity contribution in [3.8, 4) is 16.9 Å². The van der Waals surface area contributed by atoms with Gasteiger partial charge in [0.1, 0.15) is 11.3 Å². The smallest absolute Gasteiger partial charge is 0.340 e. The van der Waals surface area contributed by atoms with Crippen molar-refractivity contribution in [3.63, 3.8) is 0 Å². The lowest BCUT2D eigenvalue weighted by Crippen LogP contribution is -2.11. The third-order valence-corrected chi connectivity index (χ3v) is 4.22. The van der Waals surface area contributed by atoms with E-state index in [1.807, 2.05) is 0 Å². The molecule has 5 N–H and O–H groups in total. The van der Waals surface area contributed by atoms with Gasteiger partial charge in [-0.3, -0.25) is 4.79 Å².